The number of carbonyl (C=O) groups excluding carboxylic acids is 2. The number of amides is 2. The van der Waals surface area contributed by atoms with E-state index < -0.39 is 5.66 Å². The lowest BCUT2D eigenvalue weighted by molar-refractivity contribution is -0.125. The Hall–Kier alpha value is -2.53. The minimum Gasteiger partial charge on any atom is -0.350 e. The number of fused-ring (bicyclic) bond motifs is 3. The molecule has 2 aromatic carbocycles. The minimum atomic E-state index is -1.24. The van der Waals surface area contributed by atoms with Crippen LogP contribution in [0.15, 0.2) is 36.4 Å². The molecule has 0 saturated heterocycles. The summed E-state index contributed by atoms with van der Waals surface area (Å²) in [6.07, 6.45) is 0.743. The lowest BCUT2D eigenvalue weighted by Gasteiger charge is -2.44. The van der Waals surface area contributed by atoms with E-state index in [0.29, 0.717) is 22.8 Å². The Morgan fingerprint density at radius 1 is 1.20 bits per heavy atom. The highest BCUT2D eigenvalue weighted by Crippen LogP contribution is 2.46. The number of hydrogen-bond acceptors (Lipinski definition) is 3. The van der Waals surface area contributed by atoms with Crippen LogP contribution in [0.2, 0.25) is 5.02 Å². The predicted molar refractivity (Wildman–Crippen MR) is 97.9 cm³/mol. The summed E-state index contributed by atoms with van der Waals surface area (Å²) < 4.78 is 0. The second-order valence-corrected chi connectivity index (χ2v) is 6.87. The third-order valence-electron chi connectivity index (χ3n) is 4.85. The molecule has 128 valence electrons. The monoisotopic (exact) mass is 355 g/mol. The molecule has 0 unspecified atom stereocenters. The van der Waals surface area contributed by atoms with Gasteiger partial charge in [0, 0.05) is 17.1 Å². The molecule has 0 saturated carbocycles. The van der Waals surface area contributed by atoms with Crippen molar-refractivity contribution in [2.24, 2.45) is 0 Å². The Bertz CT molecular complexity index is 912. The van der Waals surface area contributed by atoms with Gasteiger partial charge in [-0.15, -0.1) is 0 Å². The Morgan fingerprint density at radius 2 is 2.00 bits per heavy atom. The number of nitrogens with one attached hydrogen (secondary N) is 2. The summed E-state index contributed by atoms with van der Waals surface area (Å²) in [5.41, 5.74) is 2.35. The molecule has 0 fully saturated rings. The SMILES string of the molecule is CCCN1C(=O)c2ccc(Cl)cc2N[C@@]12C(=O)Nc1c(C)cccc12. The minimum absolute atomic E-state index is 0.170. The maximum atomic E-state index is 13.2. The zero-order valence-electron chi connectivity index (χ0n) is 14.0. The number of rotatable bonds is 2. The largest absolute Gasteiger partial charge is 0.350 e. The fourth-order valence-corrected chi connectivity index (χ4v) is 3.88. The number of carbonyl (C=O) groups is 2. The van der Waals surface area contributed by atoms with Crippen LogP contribution < -0.4 is 10.6 Å². The van der Waals surface area contributed by atoms with Gasteiger partial charge in [-0.3, -0.25) is 9.59 Å². The Labute approximate surface area is 151 Å². The summed E-state index contributed by atoms with van der Waals surface area (Å²) in [6.45, 7) is 4.40. The highest BCUT2D eigenvalue weighted by molar-refractivity contribution is 6.31. The molecule has 0 aliphatic carbocycles. The molecule has 1 spiro atoms. The molecule has 2 aromatic rings. The zero-order valence-corrected chi connectivity index (χ0v) is 14.8. The van der Waals surface area contributed by atoms with Crippen molar-refractivity contribution in [2.75, 3.05) is 17.2 Å². The number of halogens is 1. The van der Waals surface area contributed by atoms with Gasteiger partial charge in [0.1, 0.15) is 0 Å². The van der Waals surface area contributed by atoms with Gasteiger partial charge in [-0.05, 0) is 37.1 Å². The number of anilines is 2. The first-order chi connectivity index (χ1) is 12.0. The van der Waals surface area contributed by atoms with E-state index in [-0.39, 0.29) is 11.8 Å². The fraction of sp³-hybridized carbons (Fsp3) is 0.263. The number of para-hydroxylation sites is 1. The van der Waals surface area contributed by atoms with E-state index in [9.17, 15) is 9.59 Å². The van der Waals surface area contributed by atoms with Crippen molar-refractivity contribution in [2.45, 2.75) is 25.9 Å². The van der Waals surface area contributed by atoms with E-state index in [1.54, 1.807) is 23.1 Å². The second-order valence-electron chi connectivity index (χ2n) is 6.43. The van der Waals surface area contributed by atoms with E-state index in [0.717, 1.165) is 23.2 Å². The van der Waals surface area contributed by atoms with Crippen molar-refractivity contribution in [3.8, 4) is 0 Å². The predicted octanol–water partition coefficient (Wildman–Crippen LogP) is 3.73. The van der Waals surface area contributed by atoms with Crippen LogP contribution in [0.25, 0.3) is 0 Å². The van der Waals surface area contributed by atoms with Crippen LogP contribution in [-0.4, -0.2) is 23.3 Å². The molecule has 0 aromatic heterocycles. The number of benzene rings is 2. The molecule has 2 amide bonds. The van der Waals surface area contributed by atoms with E-state index in [1.807, 2.05) is 32.0 Å². The molecular formula is C19H18ClN3O2. The van der Waals surface area contributed by atoms with Gasteiger partial charge in [-0.1, -0.05) is 36.7 Å². The van der Waals surface area contributed by atoms with Gasteiger partial charge in [0.2, 0.25) is 5.66 Å². The van der Waals surface area contributed by atoms with Gasteiger partial charge in [0.05, 0.1) is 16.9 Å². The molecule has 2 aliphatic rings. The molecule has 25 heavy (non-hydrogen) atoms. The lowest BCUT2D eigenvalue weighted by atomic mass is 9.92. The van der Waals surface area contributed by atoms with Crippen molar-refractivity contribution in [3.63, 3.8) is 0 Å². The molecule has 4 rings (SSSR count). The van der Waals surface area contributed by atoms with Gasteiger partial charge >= 0.3 is 0 Å². The summed E-state index contributed by atoms with van der Waals surface area (Å²) in [5.74, 6) is -0.416. The highest BCUT2D eigenvalue weighted by atomic mass is 35.5. The third-order valence-corrected chi connectivity index (χ3v) is 5.09. The van der Waals surface area contributed by atoms with Crippen LogP contribution in [0.5, 0.6) is 0 Å². The molecule has 0 radical (unpaired) electrons. The maximum absolute atomic E-state index is 13.2. The van der Waals surface area contributed by atoms with E-state index in [1.165, 1.54) is 0 Å². The standard InChI is InChI=1S/C19H18ClN3O2/c1-3-9-23-17(24)13-8-7-12(20)10-15(13)22-19(23)14-6-4-5-11(2)16(14)21-18(19)25/h4-8,10,22H,3,9H2,1-2H3,(H,21,25)/t19-/m1/s1. The lowest BCUT2D eigenvalue weighted by Crippen LogP contribution is -2.61. The van der Waals surface area contributed by atoms with Crippen molar-refractivity contribution in [3.05, 3.63) is 58.1 Å². The third kappa shape index (κ3) is 2.09. The van der Waals surface area contributed by atoms with Crippen LogP contribution in [-0.2, 0) is 10.5 Å². The topological polar surface area (TPSA) is 61.4 Å². The van der Waals surface area contributed by atoms with Crippen molar-refractivity contribution in [1.29, 1.82) is 0 Å². The van der Waals surface area contributed by atoms with Crippen molar-refractivity contribution >= 4 is 34.8 Å². The Kier molecular flexibility index (Phi) is 3.51. The first-order valence-electron chi connectivity index (χ1n) is 8.30. The molecule has 2 N–H and O–H groups in total. The normalized spacial score (nSPS) is 21.0. The van der Waals surface area contributed by atoms with Crippen LogP contribution in [0.1, 0.15) is 34.8 Å². The second kappa shape index (κ2) is 5.49. The van der Waals surface area contributed by atoms with E-state index in [2.05, 4.69) is 10.6 Å². The van der Waals surface area contributed by atoms with Gasteiger partial charge in [0.25, 0.3) is 11.8 Å². The quantitative estimate of drug-likeness (QED) is 0.862. The molecule has 1 atom stereocenters. The van der Waals surface area contributed by atoms with Crippen LogP contribution in [0.4, 0.5) is 11.4 Å². The molecule has 2 heterocycles. The summed E-state index contributed by atoms with van der Waals surface area (Å²) in [7, 11) is 0. The maximum Gasteiger partial charge on any atom is 0.276 e. The zero-order chi connectivity index (χ0) is 17.8. The van der Waals surface area contributed by atoms with Crippen LogP contribution in [0.3, 0.4) is 0 Å². The number of aryl methyl sites for hydroxylation is 1. The first kappa shape index (κ1) is 16.0. The molecule has 5 nitrogen and oxygen atoms in total. The average Bonchev–Trinajstić information content (AvgIpc) is 2.86. The molecule has 0 bridgehead atoms. The summed E-state index contributed by atoms with van der Waals surface area (Å²) in [6, 6.07) is 10.8. The average molecular weight is 356 g/mol. The van der Waals surface area contributed by atoms with Gasteiger partial charge in [0.15, 0.2) is 0 Å². The Balaban J connectivity index is 1.98. The molecular weight excluding hydrogens is 338 g/mol. The summed E-state index contributed by atoms with van der Waals surface area (Å²) in [4.78, 5) is 27.9. The summed E-state index contributed by atoms with van der Waals surface area (Å²) >= 11 is 6.11. The smallest absolute Gasteiger partial charge is 0.276 e. The Morgan fingerprint density at radius 3 is 2.76 bits per heavy atom. The number of hydrogen-bond donors (Lipinski definition) is 2. The molecule has 6 heteroatoms. The van der Waals surface area contributed by atoms with E-state index in [4.69, 9.17) is 11.6 Å². The first-order valence-corrected chi connectivity index (χ1v) is 8.68. The van der Waals surface area contributed by atoms with Gasteiger partial charge < -0.3 is 15.5 Å². The molecule has 2 aliphatic heterocycles. The van der Waals surface area contributed by atoms with Gasteiger partial charge in [-0.2, -0.15) is 0 Å². The highest BCUT2D eigenvalue weighted by Gasteiger charge is 2.56. The van der Waals surface area contributed by atoms with Crippen LogP contribution >= 0.6 is 11.6 Å². The van der Waals surface area contributed by atoms with Crippen LogP contribution in [0, 0.1) is 6.92 Å². The van der Waals surface area contributed by atoms with Crippen molar-refractivity contribution in [1.82, 2.24) is 4.90 Å². The van der Waals surface area contributed by atoms with Gasteiger partial charge in [-0.25, -0.2) is 0 Å². The summed E-state index contributed by atoms with van der Waals surface area (Å²) in [5, 5.41) is 6.79. The number of nitrogens with zero attached hydrogens (tertiary/aromatic N) is 1. The van der Waals surface area contributed by atoms with E-state index >= 15 is 0 Å². The van der Waals surface area contributed by atoms with Crippen molar-refractivity contribution < 1.29 is 9.59 Å². The fourth-order valence-electron chi connectivity index (χ4n) is 3.71.